The molecule has 0 bridgehead atoms. The molecule has 0 atom stereocenters. The van der Waals surface area contributed by atoms with Gasteiger partial charge in [-0.05, 0) is 68.4 Å². The van der Waals surface area contributed by atoms with Gasteiger partial charge in [0.2, 0.25) is 0 Å². The average molecular weight is 524 g/mol. The summed E-state index contributed by atoms with van der Waals surface area (Å²) in [5, 5.41) is 10.5. The molecular weight excluding hydrogens is 490 g/mol. The fraction of sp³-hybridized carbons (Fsp3) is 0.267. The molecule has 4 heterocycles. The van der Waals surface area contributed by atoms with Crippen molar-refractivity contribution in [2.24, 2.45) is 0 Å². The second-order valence-corrected chi connectivity index (χ2v) is 9.60. The van der Waals surface area contributed by atoms with Crippen LogP contribution in [0.2, 0.25) is 0 Å². The maximum atomic E-state index is 13.0. The number of hydrogen-bond donors (Lipinski definition) is 3. The second-order valence-electron chi connectivity index (χ2n) is 9.60. The Morgan fingerprint density at radius 2 is 1.95 bits per heavy atom. The number of carbonyl (C=O) groups excluding carboxylic acids is 2. The number of aryl methyl sites for hydroxylation is 1. The second kappa shape index (κ2) is 11.1. The van der Waals surface area contributed by atoms with E-state index in [1.165, 1.54) is 0 Å². The van der Waals surface area contributed by atoms with Gasteiger partial charge in [0.1, 0.15) is 0 Å². The van der Waals surface area contributed by atoms with Crippen molar-refractivity contribution in [3.05, 3.63) is 83.2 Å². The summed E-state index contributed by atoms with van der Waals surface area (Å²) >= 11 is 0. The van der Waals surface area contributed by atoms with E-state index < -0.39 is 0 Å². The normalized spacial score (nSPS) is 13.7. The highest BCUT2D eigenvalue weighted by Gasteiger charge is 2.26. The summed E-state index contributed by atoms with van der Waals surface area (Å²) in [5.74, 6) is -0.285. The van der Waals surface area contributed by atoms with E-state index >= 15 is 0 Å². The van der Waals surface area contributed by atoms with Gasteiger partial charge in [-0.15, -0.1) is 0 Å². The molecule has 4 aromatic rings. The summed E-state index contributed by atoms with van der Waals surface area (Å²) in [7, 11) is 0. The van der Waals surface area contributed by atoms with Crippen molar-refractivity contribution in [1.82, 2.24) is 30.0 Å². The minimum atomic E-state index is -0.176. The molecule has 0 fully saturated rings. The van der Waals surface area contributed by atoms with Crippen LogP contribution in [0.15, 0.2) is 55.1 Å². The first-order valence-corrected chi connectivity index (χ1v) is 13.2. The summed E-state index contributed by atoms with van der Waals surface area (Å²) in [5.41, 5.74) is 7.80. The van der Waals surface area contributed by atoms with Crippen molar-refractivity contribution >= 4 is 29.2 Å². The van der Waals surface area contributed by atoms with E-state index in [-0.39, 0.29) is 11.8 Å². The Hall–Kier alpha value is -4.50. The van der Waals surface area contributed by atoms with Crippen molar-refractivity contribution < 1.29 is 9.59 Å². The smallest absolute Gasteiger partial charge is 0.256 e. The van der Waals surface area contributed by atoms with Crippen LogP contribution in [-0.4, -0.2) is 62.6 Å². The van der Waals surface area contributed by atoms with E-state index in [4.69, 9.17) is 0 Å². The van der Waals surface area contributed by atoms with E-state index in [1.54, 1.807) is 23.3 Å². The molecule has 0 unspecified atom stereocenters. The van der Waals surface area contributed by atoms with Crippen LogP contribution in [-0.2, 0) is 4.79 Å². The van der Waals surface area contributed by atoms with Crippen molar-refractivity contribution in [2.45, 2.75) is 27.7 Å². The van der Waals surface area contributed by atoms with Gasteiger partial charge in [-0.1, -0.05) is 19.9 Å². The lowest BCUT2D eigenvalue weighted by Crippen LogP contribution is -2.35. The SMILES string of the molecule is CCN(CC)CCNC(=O)c1c(C)[nH]c(/C=C2\C(=O)Nc3ccc(-c4cnn(-c5cccnc5)c4)cc32)c1C. The fourth-order valence-electron chi connectivity index (χ4n) is 4.97. The number of amides is 2. The van der Waals surface area contributed by atoms with E-state index in [2.05, 4.69) is 44.4 Å². The van der Waals surface area contributed by atoms with Gasteiger partial charge < -0.3 is 20.5 Å². The molecule has 0 spiro atoms. The van der Waals surface area contributed by atoms with Gasteiger partial charge >= 0.3 is 0 Å². The number of carbonyl (C=O) groups is 2. The molecule has 1 aromatic carbocycles. The highest BCUT2D eigenvalue weighted by Crippen LogP contribution is 2.37. The fourth-order valence-corrected chi connectivity index (χ4v) is 4.97. The third-order valence-electron chi connectivity index (χ3n) is 7.23. The molecule has 200 valence electrons. The molecule has 5 rings (SSSR count). The number of H-pyrrole nitrogens is 1. The first-order valence-electron chi connectivity index (χ1n) is 13.2. The zero-order valence-corrected chi connectivity index (χ0v) is 22.7. The molecule has 0 saturated carbocycles. The molecule has 1 aliphatic heterocycles. The van der Waals surface area contributed by atoms with Gasteiger partial charge in [0.25, 0.3) is 11.8 Å². The lowest BCUT2D eigenvalue weighted by molar-refractivity contribution is -0.110. The third-order valence-corrected chi connectivity index (χ3v) is 7.23. The monoisotopic (exact) mass is 523 g/mol. The number of pyridine rings is 1. The summed E-state index contributed by atoms with van der Waals surface area (Å²) in [6.45, 7) is 11.3. The van der Waals surface area contributed by atoms with Crippen molar-refractivity contribution in [3.8, 4) is 16.8 Å². The number of aromatic amines is 1. The largest absolute Gasteiger partial charge is 0.358 e. The predicted molar refractivity (Wildman–Crippen MR) is 154 cm³/mol. The number of benzene rings is 1. The Morgan fingerprint density at radius 1 is 1.13 bits per heavy atom. The molecule has 9 heteroatoms. The van der Waals surface area contributed by atoms with E-state index in [9.17, 15) is 9.59 Å². The van der Waals surface area contributed by atoms with Gasteiger partial charge in [0.05, 0.1) is 29.2 Å². The molecule has 0 radical (unpaired) electrons. The first kappa shape index (κ1) is 26.1. The number of fused-ring (bicyclic) bond motifs is 1. The van der Waals surface area contributed by atoms with Gasteiger partial charge in [0, 0.05) is 53.7 Å². The number of nitrogens with one attached hydrogen (secondary N) is 3. The van der Waals surface area contributed by atoms with Crippen LogP contribution in [0.3, 0.4) is 0 Å². The Bertz CT molecular complexity index is 1540. The maximum Gasteiger partial charge on any atom is 0.256 e. The molecule has 3 aromatic heterocycles. The zero-order chi connectivity index (χ0) is 27.5. The molecule has 39 heavy (non-hydrogen) atoms. The Morgan fingerprint density at radius 3 is 2.69 bits per heavy atom. The molecule has 2 amide bonds. The zero-order valence-electron chi connectivity index (χ0n) is 22.7. The van der Waals surface area contributed by atoms with Crippen LogP contribution < -0.4 is 10.6 Å². The van der Waals surface area contributed by atoms with Crippen LogP contribution in [0, 0.1) is 13.8 Å². The summed E-state index contributed by atoms with van der Waals surface area (Å²) < 4.78 is 1.77. The molecule has 0 aliphatic carbocycles. The van der Waals surface area contributed by atoms with Crippen LogP contribution in [0.25, 0.3) is 28.5 Å². The van der Waals surface area contributed by atoms with E-state index in [1.807, 2.05) is 56.5 Å². The summed E-state index contributed by atoms with van der Waals surface area (Å²) in [6.07, 6.45) is 9.05. The van der Waals surface area contributed by atoms with Gasteiger partial charge in [0.15, 0.2) is 0 Å². The minimum absolute atomic E-state index is 0.109. The number of nitrogens with zero attached hydrogens (tertiary/aromatic N) is 4. The topological polar surface area (TPSA) is 108 Å². The van der Waals surface area contributed by atoms with Crippen LogP contribution in [0.5, 0.6) is 0 Å². The van der Waals surface area contributed by atoms with Crippen LogP contribution in [0.1, 0.15) is 46.7 Å². The molecular formula is C30H33N7O2. The third kappa shape index (κ3) is 5.26. The number of likely N-dealkylation sites (N-methyl/N-ethyl adjacent to an activating group) is 1. The van der Waals surface area contributed by atoms with Gasteiger partial charge in [-0.25, -0.2) is 4.68 Å². The molecule has 3 N–H and O–H groups in total. The van der Waals surface area contributed by atoms with E-state index in [0.29, 0.717) is 17.7 Å². The lowest BCUT2D eigenvalue weighted by Gasteiger charge is -2.18. The summed E-state index contributed by atoms with van der Waals surface area (Å²) in [4.78, 5) is 35.7. The number of anilines is 1. The van der Waals surface area contributed by atoms with Crippen molar-refractivity contribution in [3.63, 3.8) is 0 Å². The number of rotatable bonds is 9. The van der Waals surface area contributed by atoms with Crippen LogP contribution in [0.4, 0.5) is 5.69 Å². The number of hydrogen-bond acceptors (Lipinski definition) is 5. The molecule has 9 nitrogen and oxygen atoms in total. The maximum absolute atomic E-state index is 13.0. The molecule has 1 aliphatic rings. The van der Waals surface area contributed by atoms with Gasteiger partial charge in [-0.3, -0.25) is 14.6 Å². The van der Waals surface area contributed by atoms with E-state index in [0.717, 1.165) is 64.7 Å². The Balaban J connectivity index is 1.41. The standard InChI is InChI=1S/C30H33N7O2/c1-5-36(6-2)13-12-32-30(39)28-19(3)27(34-20(28)4)15-25-24-14-21(9-10-26(24)35-29(25)38)22-16-33-37(18-22)23-8-7-11-31-17-23/h7-11,14-18,34H,5-6,12-13H2,1-4H3,(H,32,39)(H,35,38)/b25-15-. The Kier molecular flexibility index (Phi) is 7.42. The van der Waals surface area contributed by atoms with Crippen molar-refractivity contribution in [1.29, 1.82) is 0 Å². The highest BCUT2D eigenvalue weighted by molar-refractivity contribution is 6.35. The van der Waals surface area contributed by atoms with Gasteiger partial charge in [-0.2, -0.15) is 5.10 Å². The van der Waals surface area contributed by atoms with Crippen molar-refractivity contribution in [2.75, 3.05) is 31.5 Å². The average Bonchev–Trinajstić information content (AvgIpc) is 3.63. The number of aromatic nitrogens is 4. The van der Waals surface area contributed by atoms with Crippen LogP contribution >= 0.6 is 0 Å². The molecule has 0 saturated heterocycles. The summed E-state index contributed by atoms with van der Waals surface area (Å²) in [6, 6.07) is 9.68. The predicted octanol–water partition coefficient (Wildman–Crippen LogP) is 4.44. The minimum Gasteiger partial charge on any atom is -0.358 e. The quantitative estimate of drug-likeness (QED) is 0.281. The Labute approximate surface area is 228 Å². The first-order chi connectivity index (χ1) is 18.9. The lowest BCUT2D eigenvalue weighted by atomic mass is 10.00. The highest BCUT2D eigenvalue weighted by atomic mass is 16.2.